The number of nitrogens with zero attached hydrogens (tertiary/aromatic N) is 3. The van der Waals surface area contributed by atoms with E-state index in [0.29, 0.717) is 5.75 Å². The number of aromatic nitrogens is 3. The minimum absolute atomic E-state index is 0.0762. The van der Waals surface area contributed by atoms with Crippen molar-refractivity contribution in [3.8, 4) is 5.75 Å². The van der Waals surface area contributed by atoms with Crippen molar-refractivity contribution in [3.05, 3.63) is 30.6 Å². The van der Waals surface area contributed by atoms with Crippen LogP contribution in [0.3, 0.4) is 0 Å². The minimum Gasteiger partial charge on any atom is -0.494 e. The summed E-state index contributed by atoms with van der Waals surface area (Å²) < 4.78 is 7.36. The highest BCUT2D eigenvalue weighted by atomic mass is 32.2. The molecular weight excluding hydrogens is 300 g/mol. The summed E-state index contributed by atoms with van der Waals surface area (Å²) in [6.45, 7) is 2.84. The molecule has 0 atom stereocenters. The molecule has 1 aromatic carbocycles. The Morgan fingerprint density at radius 2 is 2.14 bits per heavy atom. The van der Waals surface area contributed by atoms with E-state index in [1.54, 1.807) is 10.9 Å². The lowest BCUT2D eigenvalue weighted by atomic mass is 10.3. The minimum atomic E-state index is -0.0762. The Kier molecular flexibility index (Phi) is 6.27. The Hall–Kier alpha value is -2.02. The summed E-state index contributed by atoms with van der Waals surface area (Å²) in [5.41, 5.74) is 0.756. The molecule has 0 saturated carbocycles. The van der Waals surface area contributed by atoms with E-state index in [1.165, 1.54) is 11.8 Å². The number of carbonyl (C=O) groups is 1. The zero-order valence-electron chi connectivity index (χ0n) is 12.8. The molecule has 0 saturated heterocycles. The van der Waals surface area contributed by atoms with Crippen LogP contribution in [0, 0.1) is 0 Å². The molecule has 1 amide bonds. The number of carbonyl (C=O) groups excluding carboxylic acids is 1. The van der Waals surface area contributed by atoms with E-state index < -0.39 is 0 Å². The van der Waals surface area contributed by atoms with Gasteiger partial charge >= 0.3 is 0 Å². The maximum absolute atomic E-state index is 11.9. The molecule has 0 aliphatic rings. The third kappa shape index (κ3) is 5.07. The molecule has 7 heteroatoms. The molecule has 0 unspecified atom stereocenters. The quantitative estimate of drug-likeness (QED) is 0.598. The Bertz CT molecular complexity index is 598. The second kappa shape index (κ2) is 8.43. The van der Waals surface area contributed by atoms with Crippen LogP contribution in [0.5, 0.6) is 5.75 Å². The topological polar surface area (TPSA) is 69.0 Å². The summed E-state index contributed by atoms with van der Waals surface area (Å²) in [5, 5.41) is 11.3. The zero-order valence-corrected chi connectivity index (χ0v) is 13.6. The molecular formula is C15H20N4O2S. The summed E-state index contributed by atoms with van der Waals surface area (Å²) >= 11 is 1.35. The molecule has 0 bridgehead atoms. The number of anilines is 1. The molecule has 6 nitrogen and oxygen atoms in total. The summed E-state index contributed by atoms with van der Waals surface area (Å²) in [4.78, 5) is 11.9. The summed E-state index contributed by atoms with van der Waals surface area (Å²) in [5.74, 6) is 1.04. The van der Waals surface area contributed by atoms with E-state index in [0.717, 1.165) is 36.0 Å². The van der Waals surface area contributed by atoms with E-state index in [9.17, 15) is 4.79 Å². The molecule has 1 aromatic heterocycles. The smallest absolute Gasteiger partial charge is 0.234 e. The molecule has 1 heterocycles. The van der Waals surface area contributed by atoms with E-state index >= 15 is 0 Å². The second-order valence-electron chi connectivity index (χ2n) is 4.79. The standard InChI is InChI=1S/C15H20N4O2S/c1-3-4-9-21-13-7-5-12(6-8-13)17-14(20)10-22-15-18-16-11-19(15)2/h5-8,11H,3-4,9-10H2,1-2H3,(H,17,20). The van der Waals surface area contributed by atoms with E-state index in [-0.39, 0.29) is 5.91 Å². The lowest BCUT2D eigenvalue weighted by Crippen LogP contribution is -2.14. The molecule has 0 radical (unpaired) electrons. The third-order valence-electron chi connectivity index (χ3n) is 2.91. The number of thioether (sulfide) groups is 1. The Morgan fingerprint density at radius 1 is 1.36 bits per heavy atom. The summed E-state index contributed by atoms with van der Waals surface area (Å²) in [6.07, 6.45) is 3.76. The summed E-state index contributed by atoms with van der Waals surface area (Å²) in [7, 11) is 1.84. The Morgan fingerprint density at radius 3 is 2.77 bits per heavy atom. The van der Waals surface area contributed by atoms with Crippen molar-refractivity contribution in [1.82, 2.24) is 14.8 Å². The number of amides is 1. The van der Waals surface area contributed by atoms with Gasteiger partial charge in [-0.1, -0.05) is 25.1 Å². The fraction of sp³-hybridized carbons (Fsp3) is 0.400. The Balaban J connectivity index is 1.77. The maximum Gasteiger partial charge on any atom is 0.234 e. The number of aryl methyl sites for hydroxylation is 1. The molecule has 22 heavy (non-hydrogen) atoms. The van der Waals surface area contributed by atoms with E-state index in [4.69, 9.17) is 4.74 Å². The lowest BCUT2D eigenvalue weighted by Gasteiger charge is -2.08. The normalized spacial score (nSPS) is 10.5. The average Bonchev–Trinajstić information content (AvgIpc) is 2.92. The highest BCUT2D eigenvalue weighted by Crippen LogP contribution is 2.17. The molecule has 2 aromatic rings. The van der Waals surface area contributed by atoms with Crippen molar-refractivity contribution >= 4 is 23.4 Å². The second-order valence-corrected chi connectivity index (χ2v) is 5.73. The number of nitrogens with one attached hydrogen (secondary N) is 1. The highest BCUT2D eigenvalue weighted by Gasteiger charge is 2.07. The van der Waals surface area contributed by atoms with Crippen LogP contribution in [0.1, 0.15) is 19.8 Å². The first kappa shape index (κ1) is 16.4. The van der Waals surface area contributed by atoms with Crippen molar-refractivity contribution in [2.24, 2.45) is 7.05 Å². The lowest BCUT2D eigenvalue weighted by molar-refractivity contribution is -0.113. The van der Waals surface area contributed by atoms with E-state index in [1.807, 2.05) is 31.3 Å². The van der Waals surface area contributed by atoms with Crippen LogP contribution in [0.2, 0.25) is 0 Å². The third-order valence-corrected chi connectivity index (χ3v) is 3.94. The SMILES string of the molecule is CCCCOc1ccc(NC(=O)CSc2nncn2C)cc1. The van der Waals surface area contributed by atoms with Gasteiger partial charge in [0.05, 0.1) is 12.4 Å². The first-order chi connectivity index (χ1) is 10.7. The van der Waals surface area contributed by atoms with Crippen molar-refractivity contribution in [2.75, 3.05) is 17.7 Å². The first-order valence-corrected chi connectivity index (χ1v) is 8.17. The largest absolute Gasteiger partial charge is 0.494 e. The molecule has 2 rings (SSSR count). The molecule has 0 spiro atoms. The van der Waals surface area contributed by atoms with Crippen molar-refractivity contribution in [3.63, 3.8) is 0 Å². The van der Waals surface area contributed by atoms with Crippen LogP contribution < -0.4 is 10.1 Å². The predicted molar refractivity (Wildman–Crippen MR) is 87.2 cm³/mol. The maximum atomic E-state index is 11.9. The number of rotatable bonds is 8. The van der Waals surface area contributed by atoms with Gasteiger partial charge in [0.25, 0.3) is 0 Å². The van der Waals surface area contributed by atoms with Crippen molar-refractivity contribution in [1.29, 1.82) is 0 Å². The van der Waals surface area contributed by atoms with Gasteiger partial charge in [0.1, 0.15) is 12.1 Å². The molecule has 118 valence electrons. The fourth-order valence-electron chi connectivity index (χ4n) is 1.70. The summed E-state index contributed by atoms with van der Waals surface area (Å²) in [6, 6.07) is 7.40. The van der Waals surface area contributed by atoms with Crippen molar-refractivity contribution < 1.29 is 9.53 Å². The van der Waals surface area contributed by atoms with Crippen LogP contribution in [-0.2, 0) is 11.8 Å². The van der Waals surface area contributed by atoms with Gasteiger partial charge in [-0.3, -0.25) is 4.79 Å². The highest BCUT2D eigenvalue weighted by molar-refractivity contribution is 7.99. The van der Waals surface area contributed by atoms with Gasteiger partial charge in [-0.05, 0) is 30.7 Å². The molecule has 0 fully saturated rings. The number of unbranched alkanes of at least 4 members (excludes halogenated alkanes) is 1. The number of ether oxygens (including phenoxy) is 1. The predicted octanol–water partition coefficient (Wildman–Crippen LogP) is 2.72. The van der Waals surface area contributed by atoms with Gasteiger partial charge < -0.3 is 14.6 Å². The van der Waals surface area contributed by atoms with Gasteiger partial charge in [0, 0.05) is 12.7 Å². The van der Waals surface area contributed by atoms with Crippen LogP contribution in [0.25, 0.3) is 0 Å². The van der Waals surface area contributed by atoms with Gasteiger partial charge in [0.2, 0.25) is 5.91 Å². The van der Waals surface area contributed by atoms with Crippen LogP contribution in [-0.4, -0.2) is 33.0 Å². The molecule has 0 aliphatic heterocycles. The van der Waals surface area contributed by atoms with E-state index in [2.05, 4.69) is 22.4 Å². The van der Waals surface area contributed by atoms with Gasteiger partial charge in [-0.2, -0.15) is 0 Å². The molecule has 1 N–H and O–H groups in total. The van der Waals surface area contributed by atoms with Crippen LogP contribution in [0.15, 0.2) is 35.7 Å². The van der Waals surface area contributed by atoms with Crippen LogP contribution in [0.4, 0.5) is 5.69 Å². The zero-order chi connectivity index (χ0) is 15.8. The van der Waals surface area contributed by atoms with Gasteiger partial charge in [-0.15, -0.1) is 10.2 Å². The molecule has 0 aliphatic carbocycles. The first-order valence-electron chi connectivity index (χ1n) is 7.18. The van der Waals surface area contributed by atoms with Crippen molar-refractivity contribution in [2.45, 2.75) is 24.9 Å². The monoisotopic (exact) mass is 320 g/mol. The number of benzene rings is 1. The average molecular weight is 320 g/mol. The van der Waals surface area contributed by atoms with Gasteiger partial charge in [-0.25, -0.2) is 0 Å². The Labute approximate surface area is 134 Å². The fourth-order valence-corrected chi connectivity index (χ4v) is 2.39. The number of hydrogen-bond acceptors (Lipinski definition) is 5. The van der Waals surface area contributed by atoms with Crippen LogP contribution >= 0.6 is 11.8 Å². The van der Waals surface area contributed by atoms with Gasteiger partial charge in [0.15, 0.2) is 5.16 Å². The number of hydrogen-bond donors (Lipinski definition) is 1.